The summed E-state index contributed by atoms with van der Waals surface area (Å²) in [6.45, 7) is 13.2. The number of carbonyl (C=O) groups is 2. The van der Waals surface area contributed by atoms with Gasteiger partial charge in [-0.1, -0.05) is 42.4 Å². The Morgan fingerprint density at radius 2 is 1.86 bits per heavy atom. The standard InChI is InChI=1S/C32H35ClN4O4S/c1-19(21-12-14-36(15-13-21)31(39)41-32(3,4)5)22-10-11-25-26(16-22)37(18-35-25)28-17-27(29(42-28)30(34)38)40-20(2)23-8-6-7-9-24(23)33/h6-11,16-18,20-21H,1,12-15H2,2-5H3,(H2,34,38)/t20-/m1/s1. The van der Waals surface area contributed by atoms with Gasteiger partial charge in [-0.25, -0.2) is 9.78 Å². The van der Waals surface area contributed by atoms with Crippen molar-refractivity contribution in [3.8, 4) is 10.8 Å². The number of halogens is 1. The highest BCUT2D eigenvalue weighted by Crippen LogP contribution is 2.38. The van der Waals surface area contributed by atoms with E-state index in [-0.39, 0.29) is 12.0 Å². The van der Waals surface area contributed by atoms with Crippen molar-refractivity contribution in [3.05, 3.63) is 82.5 Å². The van der Waals surface area contributed by atoms with Gasteiger partial charge in [-0.15, -0.1) is 11.3 Å². The highest BCUT2D eigenvalue weighted by Gasteiger charge is 2.28. The lowest BCUT2D eigenvalue weighted by Crippen LogP contribution is -2.41. The van der Waals surface area contributed by atoms with E-state index in [9.17, 15) is 9.59 Å². The number of nitrogens with zero attached hydrogens (tertiary/aromatic N) is 3. The normalized spacial score (nSPS) is 15.0. The predicted octanol–water partition coefficient (Wildman–Crippen LogP) is 7.64. The van der Waals surface area contributed by atoms with Crippen molar-refractivity contribution < 1.29 is 19.1 Å². The molecular weight excluding hydrogens is 572 g/mol. The Balaban J connectivity index is 1.36. The molecule has 1 aliphatic rings. The van der Waals surface area contributed by atoms with Gasteiger partial charge in [0.2, 0.25) is 0 Å². The Kier molecular flexibility index (Phi) is 8.35. The van der Waals surface area contributed by atoms with Gasteiger partial charge in [0, 0.05) is 29.7 Å². The second kappa shape index (κ2) is 11.8. The number of fused-ring (bicyclic) bond motifs is 1. The molecule has 0 saturated carbocycles. The molecule has 0 radical (unpaired) electrons. The Morgan fingerprint density at radius 1 is 1.14 bits per heavy atom. The fourth-order valence-electron chi connectivity index (χ4n) is 5.15. The first-order chi connectivity index (χ1) is 19.9. The molecule has 0 bridgehead atoms. The summed E-state index contributed by atoms with van der Waals surface area (Å²) in [7, 11) is 0. The molecule has 0 spiro atoms. The summed E-state index contributed by atoms with van der Waals surface area (Å²) in [6.07, 6.45) is 2.69. The molecule has 1 atom stereocenters. The molecule has 0 unspecified atom stereocenters. The van der Waals surface area contributed by atoms with Crippen LogP contribution in [0.4, 0.5) is 4.79 Å². The lowest BCUT2D eigenvalue weighted by molar-refractivity contribution is 0.0199. The van der Waals surface area contributed by atoms with Gasteiger partial charge in [-0.2, -0.15) is 0 Å². The van der Waals surface area contributed by atoms with Crippen LogP contribution in [-0.2, 0) is 4.74 Å². The molecule has 1 aliphatic heterocycles. The third-order valence-corrected chi connectivity index (χ3v) is 8.83. The Hall–Kier alpha value is -3.82. The number of imidazole rings is 1. The molecule has 2 N–H and O–H groups in total. The number of primary amides is 1. The van der Waals surface area contributed by atoms with E-state index in [4.69, 9.17) is 26.8 Å². The van der Waals surface area contributed by atoms with Crippen LogP contribution in [0, 0.1) is 5.92 Å². The van der Waals surface area contributed by atoms with Gasteiger partial charge in [0.05, 0.1) is 11.0 Å². The van der Waals surface area contributed by atoms with Crippen LogP contribution in [0.2, 0.25) is 5.02 Å². The van der Waals surface area contributed by atoms with Crippen LogP contribution in [0.3, 0.4) is 0 Å². The average Bonchev–Trinajstić information content (AvgIpc) is 3.56. The van der Waals surface area contributed by atoms with Crippen molar-refractivity contribution >= 4 is 51.5 Å². The van der Waals surface area contributed by atoms with Gasteiger partial charge in [0.15, 0.2) is 0 Å². The van der Waals surface area contributed by atoms with E-state index in [0.29, 0.717) is 28.7 Å². The summed E-state index contributed by atoms with van der Waals surface area (Å²) < 4.78 is 13.7. The third-order valence-electron chi connectivity index (χ3n) is 7.35. The predicted molar refractivity (Wildman–Crippen MR) is 168 cm³/mol. The van der Waals surface area contributed by atoms with E-state index in [0.717, 1.165) is 45.6 Å². The van der Waals surface area contributed by atoms with Crippen molar-refractivity contribution in [2.45, 2.75) is 52.2 Å². The van der Waals surface area contributed by atoms with E-state index in [2.05, 4.69) is 17.6 Å². The van der Waals surface area contributed by atoms with Gasteiger partial charge in [-0.3, -0.25) is 9.36 Å². The van der Waals surface area contributed by atoms with Crippen LogP contribution in [0.5, 0.6) is 5.75 Å². The number of hydrogen-bond acceptors (Lipinski definition) is 6. The number of hydrogen-bond donors (Lipinski definition) is 1. The Labute approximate surface area is 254 Å². The molecule has 10 heteroatoms. The van der Waals surface area contributed by atoms with Gasteiger partial charge in [-0.05, 0) is 75.8 Å². The van der Waals surface area contributed by atoms with E-state index in [1.165, 1.54) is 11.3 Å². The summed E-state index contributed by atoms with van der Waals surface area (Å²) in [5, 5.41) is 1.34. The van der Waals surface area contributed by atoms with Gasteiger partial charge in [0.25, 0.3) is 5.91 Å². The molecule has 1 saturated heterocycles. The van der Waals surface area contributed by atoms with Crippen LogP contribution in [-0.4, -0.2) is 45.1 Å². The van der Waals surface area contributed by atoms with E-state index in [1.807, 2.05) is 68.7 Å². The van der Waals surface area contributed by atoms with Gasteiger partial charge >= 0.3 is 6.09 Å². The van der Waals surface area contributed by atoms with Crippen LogP contribution in [0.15, 0.2) is 61.4 Å². The number of piperidine rings is 1. The van der Waals surface area contributed by atoms with E-state index >= 15 is 0 Å². The fourth-order valence-corrected chi connectivity index (χ4v) is 6.37. The maximum absolute atomic E-state index is 12.5. The van der Waals surface area contributed by atoms with E-state index in [1.54, 1.807) is 17.3 Å². The molecule has 4 aromatic rings. The van der Waals surface area contributed by atoms with Crippen LogP contribution in [0.25, 0.3) is 21.6 Å². The number of rotatable bonds is 7. The molecule has 220 valence electrons. The van der Waals surface area contributed by atoms with E-state index < -0.39 is 17.6 Å². The Bertz CT molecular complexity index is 1650. The zero-order chi connectivity index (χ0) is 30.2. The van der Waals surface area contributed by atoms with Crippen molar-refractivity contribution in [3.63, 3.8) is 0 Å². The van der Waals surface area contributed by atoms with Crippen molar-refractivity contribution in [1.29, 1.82) is 0 Å². The zero-order valence-corrected chi connectivity index (χ0v) is 25.8. The van der Waals surface area contributed by atoms with Gasteiger partial charge < -0.3 is 20.1 Å². The van der Waals surface area contributed by atoms with Crippen LogP contribution >= 0.6 is 22.9 Å². The monoisotopic (exact) mass is 606 g/mol. The largest absolute Gasteiger partial charge is 0.484 e. The first-order valence-corrected chi connectivity index (χ1v) is 15.1. The number of ether oxygens (including phenoxy) is 2. The minimum Gasteiger partial charge on any atom is -0.484 e. The number of amides is 2. The zero-order valence-electron chi connectivity index (χ0n) is 24.2. The van der Waals surface area contributed by atoms with Crippen molar-refractivity contribution in [2.75, 3.05) is 13.1 Å². The average molecular weight is 607 g/mol. The molecule has 5 rings (SSSR count). The summed E-state index contributed by atoms with van der Waals surface area (Å²) >= 11 is 7.62. The summed E-state index contributed by atoms with van der Waals surface area (Å²) in [4.78, 5) is 31.5. The summed E-state index contributed by atoms with van der Waals surface area (Å²) in [5.41, 5.74) is 9.76. The molecule has 3 heterocycles. The first kappa shape index (κ1) is 29.7. The SMILES string of the molecule is C=C(c1ccc2ncn(-c3cc(O[C@H](C)c4ccccc4Cl)c(C(N)=O)s3)c2c1)C1CCN(C(=O)OC(C)(C)C)CC1. The molecule has 2 amide bonds. The van der Waals surface area contributed by atoms with Gasteiger partial charge in [0.1, 0.15) is 33.7 Å². The number of aromatic nitrogens is 2. The highest BCUT2D eigenvalue weighted by molar-refractivity contribution is 7.16. The number of likely N-dealkylation sites (tertiary alicyclic amines) is 1. The molecule has 2 aromatic carbocycles. The minimum atomic E-state index is -0.566. The van der Waals surface area contributed by atoms with Crippen LogP contribution < -0.4 is 10.5 Å². The van der Waals surface area contributed by atoms with Crippen molar-refractivity contribution in [2.24, 2.45) is 11.7 Å². The second-order valence-corrected chi connectivity index (χ2v) is 12.9. The second-order valence-electron chi connectivity index (χ2n) is 11.5. The summed E-state index contributed by atoms with van der Waals surface area (Å²) in [5.74, 6) is 0.0740. The summed E-state index contributed by atoms with van der Waals surface area (Å²) in [6, 6.07) is 15.3. The van der Waals surface area contributed by atoms with Crippen LogP contribution in [0.1, 0.15) is 67.4 Å². The molecular formula is C32H35ClN4O4S. The van der Waals surface area contributed by atoms with Crippen molar-refractivity contribution in [1.82, 2.24) is 14.5 Å². The molecule has 0 aliphatic carbocycles. The number of allylic oxidation sites excluding steroid dienone is 1. The topological polar surface area (TPSA) is 99.7 Å². The Morgan fingerprint density at radius 3 is 2.52 bits per heavy atom. The molecule has 8 nitrogen and oxygen atoms in total. The number of nitrogens with two attached hydrogens (primary N) is 1. The number of carbonyl (C=O) groups excluding carboxylic acids is 2. The smallest absolute Gasteiger partial charge is 0.410 e. The quantitative estimate of drug-likeness (QED) is 0.233. The first-order valence-electron chi connectivity index (χ1n) is 13.9. The third kappa shape index (κ3) is 6.32. The molecule has 2 aromatic heterocycles. The number of benzene rings is 2. The highest BCUT2D eigenvalue weighted by atomic mass is 35.5. The lowest BCUT2D eigenvalue weighted by Gasteiger charge is -2.34. The minimum absolute atomic E-state index is 0.243. The molecule has 1 fully saturated rings. The number of thiophene rings is 1. The maximum atomic E-state index is 12.5. The maximum Gasteiger partial charge on any atom is 0.410 e. The molecule has 42 heavy (non-hydrogen) atoms. The lowest BCUT2D eigenvalue weighted by atomic mass is 9.86. The fraction of sp³-hybridized carbons (Fsp3) is 0.344.